The highest BCUT2D eigenvalue weighted by Crippen LogP contribution is 2.23. The van der Waals surface area contributed by atoms with Gasteiger partial charge in [-0.15, -0.1) is 0 Å². The number of ketones is 1. The van der Waals surface area contributed by atoms with E-state index in [-0.39, 0.29) is 11.7 Å². The molecule has 0 bridgehead atoms. The van der Waals surface area contributed by atoms with Gasteiger partial charge in [0.05, 0.1) is 0 Å². The van der Waals surface area contributed by atoms with E-state index >= 15 is 0 Å². The molecule has 0 N–H and O–H groups in total. The van der Waals surface area contributed by atoms with Crippen LogP contribution >= 0.6 is 0 Å². The highest BCUT2D eigenvalue weighted by molar-refractivity contribution is 5.98. The summed E-state index contributed by atoms with van der Waals surface area (Å²) in [6.07, 6.45) is 1.63. The molecule has 1 saturated heterocycles. The molecule has 1 aliphatic heterocycles. The highest BCUT2D eigenvalue weighted by atomic mass is 16.5. The van der Waals surface area contributed by atoms with Crippen molar-refractivity contribution in [2.24, 2.45) is 5.92 Å². The summed E-state index contributed by atoms with van der Waals surface area (Å²) in [5, 5.41) is 0. The van der Waals surface area contributed by atoms with E-state index in [0.29, 0.717) is 19.8 Å². The zero-order valence-corrected chi connectivity index (χ0v) is 12.5. The van der Waals surface area contributed by atoms with Crippen LogP contribution in [0, 0.1) is 5.92 Å². The van der Waals surface area contributed by atoms with Crippen LogP contribution in [-0.4, -0.2) is 19.0 Å². The molecule has 3 nitrogen and oxygen atoms in total. The zero-order valence-electron chi connectivity index (χ0n) is 12.5. The second-order valence-corrected chi connectivity index (χ2v) is 5.55. The fourth-order valence-electron chi connectivity index (χ4n) is 2.68. The van der Waals surface area contributed by atoms with Gasteiger partial charge in [-0.05, 0) is 30.5 Å². The molecule has 2 aromatic carbocycles. The van der Waals surface area contributed by atoms with Crippen LogP contribution in [0.25, 0.3) is 0 Å². The zero-order chi connectivity index (χ0) is 15.2. The maximum Gasteiger partial charge on any atom is 0.166 e. The van der Waals surface area contributed by atoms with Crippen LogP contribution in [0.15, 0.2) is 54.6 Å². The number of ether oxygens (including phenoxy) is 2. The standard InChI is InChI=1S/C19H20O3/c20-19(16-9-11-21-12-10-16)17-7-4-8-18(13-17)22-14-15-5-2-1-3-6-15/h1-8,13,16H,9-12,14H2. The molecule has 0 aromatic heterocycles. The van der Waals surface area contributed by atoms with Gasteiger partial charge >= 0.3 is 0 Å². The van der Waals surface area contributed by atoms with Crippen LogP contribution in [-0.2, 0) is 11.3 Å². The third-order valence-electron chi connectivity index (χ3n) is 3.96. The van der Waals surface area contributed by atoms with Crippen LogP contribution in [0.3, 0.4) is 0 Å². The molecule has 0 radical (unpaired) electrons. The number of carbonyl (C=O) groups is 1. The van der Waals surface area contributed by atoms with E-state index in [1.54, 1.807) is 0 Å². The molecule has 0 unspecified atom stereocenters. The molecule has 0 saturated carbocycles. The Balaban J connectivity index is 1.65. The second kappa shape index (κ2) is 7.23. The molecule has 0 amide bonds. The van der Waals surface area contributed by atoms with Crippen LogP contribution < -0.4 is 4.74 Å². The minimum Gasteiger partial charge on any atom is -0.489 e. The van der Waals surface area contributed by atoms with Crippen LogP contribution in [0.4, 0.5) is 0 Å². The Bertz CT molecular complexity index is 616. The fourth-order valence-corrected chi connectivity index (χ4v) is 2.68. The summed E-state index contributed by atoms with van der Waals surface area (Å²) in [5.41, 5.74) is 1.85. The summed E-state index contributed by atoms with van der Waals surface area (Å²) < 4.78 is 11.1. The average molecular weight is 296 g/mol. The van der Waals surface area contributed by atoms with E-state index in [1.807, 2.05) is 54.6 Å². The van der Waals surface area contributed by atoms with E-state index in [2.05, 4.69) is 0 Å². The summed E-state index contributed by atoms with van der Waals surface area (Å²) in [6, 6.07) is 17.5. The van der Waals surface area contributed by atoms with Crippen LogP contribution in [0.1, 0.15) is 28.8 Å². The van der Waals surface area contributed by atoms with Gasteiger partial charge in [0.15, 0.2) is 5.78 Å². The summed E-state index contributed by atoms with van der Waals surface area (Å²) >= 11 is 0. The third kappa shape index (κ3) is 3.74. The molecular weight excluding hydrogens is 276 g/mol. The minimum atomic E-state index is 0.0816. The largest absolute Gasteiger partial charge is 0.489 e. The van der Waals surface area contributed by atoms with Gasteiger partial charge in [0.1, 0.15) is 12.4 Å². The number of rotatable bonds is 5. The Hall–Kier alpha value is -2.13. The Morgan fingerprint density at radius 1 is 1.05 bits per heavy atom. The lowest BCUT2D eigenvalue weighted by Crippen LogP contribution is -2.23. The summed E-state index contributed by atoms with van der Waals surface area (Å²) in [5.74, 6) is 1.02. The number of Topliss-reactive ketones (excluding diaryl/α,β-unsaturated/α-hetero) is 1. The molecule has 0 spiro atoms. The number of benzene rings is 2. The van der Waals surface area contributed by atoms with Crippen molar-refractivity contribution in [1.29, 1.82) is 0 Å². The first-order chi connectivity index (χ1) is 10.8. The third-order valence-corrected chi connectivity index (χ3v) is 3.96. The van der Waals surface area contributed by atoms with E-state index in [0.717, 1.165) is 29.7 Å². The molecule has 1 heterocycles. The maximum absolute atomic E-state index is 12.5. The first-order valence-corrected chi connectivity index (χ1v) is 7.72. The first-order valence-electron chi connectivity index (χ1n) is 7.72. The van der Waals surface area contributed by atoms with Crippen molar-refractivity contribution in [1.82, 2.24) is 0 Å². The molecular formula is C19H20O3. The average Bonchev–Trinajstić information content (AvgIpc) is 2.61. The fraction of sp³-hybridized carbons (Fsp3) is 0.316. The molecule has 1 fully saturated rings. The van der Waals surface area contributed by atoms with Gasteiger partial charge in [-0.1, -0.05) is 42.5 Å². The van der Waals surface area contributed by atoms with Gasteiger partial charge in [-0.2, -0.15) is 0 Å². The Kier molecular flexibility index (Phi) is 4.86. The van der Waals surface area contributed by atoms with Gasteiger partial charge in [-0.3, -0.25) is 4.79 Å². The van der Waals surface area contributed by atoms with Crippen molar-refractivity contribution >= 4 is 5.78 Å². The normalized spacial score (nSPS) is 15.5. The van der Waals surface area contributed by atoms with Gasteiger partial charge in [0, 0.05) is 24.7 Å². The quantitative estimate of drug-likeness (QED) is 0.786. The summed E-state index contributed by atoms with van der Waals surface area (Å²) in [7, 11) is 0. The van der Waals surface area contributed by atoms with E-state index in [9.17, 15) is 4.79 Å². The lowest BCUT2D eigenvalue weighted by molar-refractivity contribution is 0.0544. The monoisotopic (exact) mass is 296 g/mol. The van der Waals surface area contributed by atoms with Gasteiger partial charge in [0.25, 0.3) is 0 Å². The van der Waals surface area contributed by atoms with Crippen LogP contribution in [0.2, 0.25) is 0 Å². The van der Waals surface area contributed by atoms with E-state index in [1.165, 1.54) is 0 Å². The lowest BCUT2D eigenvalue weighted by atomic mass is 9.91. The van der Waals surface area contributed by atoms with Crippen molar-refractivity contribution in [3.05, 3.63) is 65.7 Å². The number of carbonyl (C=O) groups excluding carboxylic acids is 1. The molecule has 114 valence electrons. The predicted molar refractivity (Wildman–Crippen MR) is 85.1 cm³/mol. The highest BCUT2D eigenvalue weighted by Gasteiger charge is 2.22. The topological polar surface area (TPSA) is 35.5 Å². The van der Waals surface area contributed by atoms with Crippen molar-refractivity contribution in [2.75, 3.05) is 13.2 Å². The Morgan fingerprint density at radius 3 is 2.59 bits per heavy atom. The Labute approximate surface area is 130 Å². The van der Waals surface area contributed by atoms with Crippen molar-refractivity contribution in [3.63, 3.8) is 0 Å². The van der Waals surface area contributed by atoms with E-state index in [4.69, 9.17) is 9.47 Å². The maximum atomic E-state index is 12.5. The number of hydrogen-bond acceptors (Lipinski definition) is 3. The number of hydrogen-bond donors (Lipinski definition) is 0. The molecule has 3 heteroatoms. The molecule has 0 atom stereocenters. The molecule has 2 aromatic rings. The van der Waals surface area contributed by atoms with Crippen molar-refractivity contribution in [3.8, 4) is 5.75 Å². The van der Waals surface area contributed by atoms with Crippen LogP contribution in [0.5, 0.6) is 5.75 Å². The molecule has 22 heavy (non-hydrogen) atoms. The predicted octanol–water partition coefficient (Wildman–Crippen LogP) is 3.87. The SMILES string of the molecule is O=C(c1cccc(OCc2ccccc2)c1)C1CCOCC1. The van der Waals surface area contributed by atoms with Gasteiger partial charge < -0.3 is 9.47 Å². The summed E-state index contributed by atoms with van der Waals surface area (Å²) in [4.78, 5) is 12.5. The summed E-state index contributed by atoms with van der Waals surface area (Å²) in [6.45, 7) is 1.87. The minimum absolute atomic E-state index is 0.0816. The first kappa shape index (κ1) is 14.8. The van der Waals surface area contributed by atoms with E-state index < -0.39 is 0 Å². The van der Waals surface area contributed by atoms with Crippen molar-refractivity contribution in [2.45, 2.75) is 19.4 Å². The van der Waals surface area contributed by atoms with Gasteiger partial charge in [-0.25, -0.2) is 0 Å². The molecule has 3 rings (SSSR count). The molecule has 1 aliphatic rings. The second-order valence-electron chi connectivity index (χ2n) is 5.55. The Morgan fingerprint density at radius 2 is 1.82 bits per heavy atom. The molecule has 0 aliphatic carbocycles. The lowest BCUT2D eigenvalue weighted by Gasteiger charge is -2.21. The van der Waals surface area contributed by atoms with Crippen molar-refractivity contribution < 1.29 is 14.3 Å². The van der Waals surface area contributed by atoms with Gasteiger partial charge in [0.2, 0.25) is 0 Å². The smallest absolute Gasteiger partial charge is 0.166 e.